The number of hydrogen-bond donors (Lipinski definition) is 0. The lowest BCUT2D eigenvalue weighted by atomic mass is 10.1. The molecule has 0 N–H and O–H groups in total. The molecule has 5 nitrogen and oxygen atoms in total. The third-order valence-electron chi connectivity index (χ3n) is 5.29. The van der Waals surface area contributed by atoms with Crippen molar-refractivity contribution in [3.63, 3.8) is 0 Å². The number of rotatable bonds is 5. The van der Waals surface area contributed by atoms with Gasteiger partial charge in [0.1, 0.15) is 6.04 Å². The van der Waals surface area contributed by atoms with Crippen molar-refractivity contribution in [2.24, 2.45) is 0 Å². The number of hydrogen-bond acceptors (Lipinski definition) is 4. The first-order chi connectivity index (χ1) is 13.8. The summed E-state index contributed by atoms with van der Waals surface area (Å²) in [6.07, 6.45) is 5.33. The van der Waals surface area contributed by atoms with E-state index in [1.54, 1.807) is 0 Å². The van der Waals surface area contributed by atoms with Crippen LogP contribution in [0.5, 0.6) is 0 Å². The molecule has 2 heterocycles. The highest BCUT2D eigenvalue weighted by Crippen LogP contribution is 2.31. The molecule has 4 rings (SSSR count). The Morgan fingerprint density at radius 3 is 2.50 bits per heavy atom. The maximum atomic E-state index is 13.0. The van der Waals surface area contributed by atoms with Crippen LogP contribution in [0.1, 0.15) is 49.6 Å². The van der Waals surface area contributed by atoms with Crippen LogP contribution in [0.4, 0.5) is 0 Å². The average molecular weight is 375 g/mol. The van der Waals surface area contributed by atoms with Crippen LogP contribution in [0, 0.1) is 0 Å². The van der Waals surface area contributed by atoms with Crippen molar-refractivity contribution in [3.8, 4) is 11.5 Å². The zero-order chi connectivity index (χ0) is 19.2. The van der Waals surface area contributed by atoms with Gasteiger partial charge >= 0.3 is 0 Å². The van der Waals surface area contributed by atoms with E-state index >= 15 is 0 Å². The molecule has 3 aromatic rings. The van der Waals surface area contributed by atoms with Crippen molar-refractivity contribution in [1.82, 2.24) is 15.1 Å². The van der Waals surface area contributed by atoms with Crippen molar-refractivity contribution in [1.29, 1.82) is 0 Å². The van der Waals surface area contributed by atoms with E-state index in [9.17, 15) is 4.79 Å². The molecule has 1 amide bonds. The van der Waals surface area contributed by atoms with Crippen LogP contribution >= 0.6 is 0 Å². The molecule has 2 aromatic carbocycles. The molecule has 144 valence electrons. The lowest BCUT2D eigenvalue weighted by Gasteiger charge is -2.27. The normalized spacial score (nSPS) is 17.3. The van der Waals surface area contributed by atoms with E-state index in [0.717, 1.165) is 44.2 Å². The Hall–Kier alpha value is -2.95. The molecule has 1 atom stereocenters. The van der Waals surface area contributed by atoms with E-state index < -0.39 is 0 Å². The van der Waals surface area contributed by atoms with Gasteiger partial charge in [0.2, 0.25) is 17.7 Å². The zero-order valence-corrected chi connectivity index (χ0v) is 16.0. The predicted molar refractivity (Wildman–Crippen MR) is 107 cm³/mol. The van der Waals surface area contributed by atoms with Gasteiger partial charge in [-0.15, -0.1) is 10.2 Å². The maximum Gasteiger partial charge on any atom is 0.247 e. The first-order valence-electron chi connectivity index (χ1n) is 10.0. The molecular weight excluding hydrogens is 350 g/mol. The number of benzene rings is 2. The molecule has 0 bridgehead atoms. The van der Waals surface area contributed by atoms with Gasteiger partial charge in [-0.2, -0.15) is 0 Å². The van der Waals surface area contributed by atoms with Crippen LogP contribution in [-0.4, -0.2) is 27.5 Å². The molecule has 1 fully saturated rings. The van der Waals surface area contributed by atoms with E-state index in [0.29, 0.717) is 18.2 Å². The van der Waals surface area contributed by atoms with Crippen LogP contribution in [0.25, 0.3) is 11.5 Å². The average Bonchev–Trinajstić information content (AvgIpc) is 3.11. The molecule has 1 aromatic heterocycles. The third-order valence-corrected chi connectivity index (χ3v) is 5.29. The SMILES string of the molecule is O=C(CCc1ccccc1)N1CCCCC[C@H]1c1nnc(-c2ccccc2)o1. The maximum absolute atomic E-state index is 13.0. The van der Waals surface area contributed by atoms with Crippen LogP contribution < -0.4 is 0 Å². The molecule has 0 radical (unpaired) electrons. The Balaban J connectivity index is 1.50. The lowest BCUT2D eigenvalue weighted by Crippen LogP contribution is -2.35. The van der Waals surface area contributed by atoms with E-state index in [4.69, 9.17) is 4.42 Å². The minimum absolute atomic E-state index is 0.129. The van der Waals surface area contributed by atoms with Crippen LogP contribution in [0.2, 0.25) is 0 Å². The standard InChI is InChI=1S/C23H25N3O2/c27-21(16-15-18-10-4-1-5-11-18)26-17-9-3-8-14-20(26)23-25-24-22(28-23)19-12-6-2-7-13-19/h1-2,4-7,10-13,20H,3,8-9,14-17H2/t20-/m0/s1. The second-order valence-corrected chi connectivity index (χ2v) is 7.25. The molecule has 28 heavy (non-hydrogen) atoms. The smallest absolute Gasteiger partial charge is 0.247 e. The molecule has 0 spiro atoms. The summed E-state index contributed by atoms with van der Waals surface area (Å²) in [6.45, 7) is 0.751. The Morgan fingerprint density at radius 1 is 0.964 bits per heavy atom. The van der Waals surface area contributed by atoms with E-state index in [2.05, 4.69) is 22.3 Å². The van der Waals surface area contributed by atoms with Gasteiger partial charge in [-0.3, -0.25) is 4.79 Å². The molecule has 0 aliphatic carbocycles. The summed E-state index contributed by atoms with van der Waals surface area (Å²) in [5.41, 5.74) is 2.09. The molecule has 0 unspecified atom stereocenters. The molecule has 5 heteroatoms. The van der Waals surface area contributed by atoms with Crippen LogP contribution in [0.3, 0.4) is 0 Å². The minimum Gasteiger partial charge on any atom is -0.418 e. The Labute approximate surface area is 165 Å². The predicted octanol–water partition coefficient (Wildman–Crippen LogP) is 4.81. The number of carbonyl (C=O) groups excluding carboxylic acids is 1. The first kappa shape index (κ1) is 18.4. The molecule has 1 aliphatic heterocycles. The molecule has 0 saturated carbocycles. The van der Waals surface area contributed by atoms with Crippen molar-refractivity contribution in [2.75, 3.05) is 6.54 Å². The summed E-state index contributed by atoms with van der Waals surface area (Å²) in [5, 5.41) is 8.52. The fourth-order valence-electron chi connectivity index (χ4n) is 3.77. The Kier molecular flexibility index (Phi) is 5.80. The highest BCUT2D eigenvalue weighted by molar-refractivity contribution is 5.77. The van der Waals surface area contributed by atoms with Crippen molar-refractivity contribution in [3.05, 3.63) is 72.1 Å². The summed E-state index contributed by atoms with van der Waals surface area (Å²) in [4.78, 5) is 15.0. The second-order valence-electron chi connectivity index (χ2n) is 7.25. The fourth-order valence-corrected chi connectivity index (χ4v) is 3.77. The second kappa shape index (κ2) is 8.83. The number of carbonyl (C=O) groups is 1. The van der Waals surface area contributed by atoms with Crippen molar-refractivity contribution < 1.29 is 9.21 Å². The van der Waals surface area contributed by atoms with Gasteiger partial charge in [0.05, 0.1) is 0 Å². The zero-order valence-electron chi connectivity index (χ0n) is 16.0. The quantitative estimate of drug-likeness (QED) is 0.642. The van der Waals surface area contributed by atoms with Gasteiger partial charge in [-0.25, -0.2) is 0 Å². The Morgan fingerprint density at radius 2 is 1.71 bits per heavy atom. The van der Waals surface area contributed by atoms with Crippen molar-refractivity contribution >= 4 is 5.91 Å². The lowest BCUT2D eigenvalue weighted by molar-refractivity contribution is -0.134. The van der Waals surface area contributed by atoms with Gasteiger partial charge in [0.15, 0.2) is 0 Å². The van der Waals surface area contributed by atoms with Gasteiger partial charge in [0.25, 0.3) is 0 Å². The summed E-state index contributed by atoms with van der Waals surface area (Å²) in [5.74, 6) is 1.22. The summed E-state index contributed by atoms with van der Waals surface area (Å²) >= 11 is 0. The highest BCUT2D eigenvalue weighted by atomic mass is 16.4. The van der Waals surface area contributed by atoms with E-state index in [1.807, 2.05) is 53.4 Å². The van der Waals surface area contributed by atoms with Crippen LogP contribution in [0.15, 0.2) is 65.1 Å². The van der Waals surface area contributed by atoms with Crippen LogP contribution in [-0.2, 0) is 11.2 Å². The highest BCUT2D eigenvalue weighted by Gasteiger charge is 2.30. The minimum atomic E-state index is -0.129. The van der Waals surface area contributed by atoms with Gasteiger partial charge < -0.3 is 9.32 Å². The topological polar surface area (TPSA) is 59.2 Å². The largest absolute Gasteiger partial charge is 0.418 e. The van der Waals surface area contributed by atoms with Gasteiger partial charge in [-0.1, -0.05) is 61.4 Å². The van der Waals surface area contributed by atoms with Gasteiger partial charge in [0, 0.05) is 18.5 Å². The van der Waals surface area contributed by atoms with E-state index in [-0.39, 0.29) is 11.9 Å². The van der Waals surface area contributed by atoms with Gasteiger partial charge in [-0.05, 0) is 37.0 Å². The molecule has 1 aliphatic rings. The summed E-state index contributed by atoms with van der Waals surface area (Å²) < 4.78 is 5.99. The van der Waals surface area contributed by atoms with Crippen molar-refractivity contribution in [2.45, 2.75) is 44.6 Å². The number of aromatic nitrogens is 2. The monoisotopic (exact) mass is 375 g/mol. The molecule has 1 saturated heterocycles. The number of amides is 1. The fraction of sp³-hybridized carbons (Fsp3) is 0.348. The number of aryl methyl sites for hydroxylation is 1. The summed E-state index contributed by atoms with van der Waals surface area (Å²) in [6, 6.07) is 19.8. The third kappa shape index (κ3) is 4.30. The summed E-state index contributed by atoms with van der Waals surface area (Å²) in [7, 11) is 0. The molecular formula is C23H25N3O2. The first-order valence-corrected chi connectivity index (χ1v) is 10.0. The number of likely N-dealkylation sites (tertiary alicyclic amines) is 1. The Bertz CT molecular complexity index is 892. The van der Waals surface area contributed by atoms with E-state index in [1.165, 1.54) is 5.56 Å². The number of nitrogens with zero attached hydrogens (tertiary/aromatic N) is 3.